The van der Waals surface area contributed by atoms with Gasteiger partial charge < -0.3 is 0 Å². The molecule has 85 valence electrons. The maximum absolute atomic E-state index is 4.70. The predicted octanol–water partition coefficient (Wildman–Crippen LogP) is 4.98. The van der Waals surface area contributed by atoms with E-state index in [-0.39, 0.29) is 0 Å². The Morgan fingerprint density at radius 1 is 0.889 bits per heavy atom. The summed E-state index contributed by atoms with van der Waals surface area (Å²) in [5.74, 6) is 0. The monoisotopic (exact) mass is 266 g/mol. The highest BCUT2D eigenvalue weighted by molar-refractivity contribution is 7.22. The number of thiophene rings is 1. The Hall–Kier alpha value is -1.71. The van der Waals surface area contributed by atoms with Crippen molar-refractivity contribution in [2.45, 2.75) is 0 Å². The molecule has 0 fully saturated rings. The number of hydrogen-bond donors (Lipinski definition) is 0. The smallest absolute Gasteiger partial charge is 0.126 e. The van der Waals surface area contributed by atoms with Gasteiger partial charge in [-0.3, -0.25) is 0 Å². The first kappa shape index (κ1) is 10.2. The largest absolute Gasteiger partial charge is 0.236 e. The molecular formula is C15H8NS2. The zero-order valence-corrected chi connectivity index (χ0v) is 11.0. The fourth-order valence-corrected chi connectivity index (χ4v) is 3.95. The van der Waals surface area contributed by atoms with E-state index in [0.29, 0.717) is 0 Å². The van der Waals surface area contributed by atoms with Gasteiger partial charge >= 0.3 is 0 Å². The SMILES string of the molecule is [c]1sc2ccccc2c1-c1nc2ccccc2s1. The molecule has 2 aromatic heterocycles. The van der Waals surface area contributed by atoms with E-state index in [2.05, 4.69) is 47.8 Å². The molecule has 0 aliphatic carbocycles. The Bertz CT molecular complexity index is 809. The van der Waals surface area contributed by atoms with Gasteiger partial charge in [-0.05, 0) is 18.2 Å². The van der Waals surface area contributed by atoms with E-state index in [1.807, 2.05) is 6.07 Å². The zero-order chi connectivity index (χ0) is 11.9. The fourth-order valence-electron chi connectivity index (χ4n) is 2.06. The second-order valence-corrected chi connectivity index (χ2v) is 5.94. The minimum absolute atomic E-state index is 1.06. The molecular weight excluding hydrogens is 258 g/mol. The fraction of sp³-hybridized carbons (Fsp3) is 0. The maximum atomic E-state index is 4.70. The lowest BCUT2D eigenvalue weighted by Gasteiger charge is -1.92. The van der Waals surface area contributed by atoms with E-state index in [9.17, 15) is 0 Å². The molecule has 0 amide bonds. The molecule has 0 aliphatic heterocycles. The number of rotatable bonds is 1. The summed E-state index contributed by atoms with van der Waals surface area (Å²) < 4.78 is 2.50. The van der Waals surface area contributed by atoms with Crippen LogP contribution in [0.4, 0.5) is 0 Å². The van der Waals surface area contributed by atoms with Crippen LogP contribution in [0.3, 0.4) is 0 Å². The van der Waals surface area contributed by atoms with Crippen LogP contribution in [0.2, 0.25) is 0 Å². The molecule has 0 bridgehead atoms. The number of thiazole rings is 1. The van der Waals surface area contributed by atoms with Crippen LogP contribution in [0.25, 0.3) is 30.9 Å². The van der Waals surface area contributed by atoms with Crippen molar-refractivity contribution in [1.82, 2.24) is 4.98 Å². The molecule has 0 unspecified atom stereocenters. The Labute approximate surface area is 112 Å². The van der Waals surface area contributed by atoms with E-state index < -0.39 is 0 Å². The van der Waals surface area contributed by atoms with Gasteiger partial charge in [0.15, 0.2) is 0 Å². The normalized spacial score (nSPS) is 11.3. The van der Waals surface area contributed by atoms with E-state index in [1.54, 1.807) is 22.7 Å². The van der Waals surface area contributed by atoms with Crippen molar-refractivity contribution in [3.8, 4) is 10.6 Å². The average Bonchev–Trinajstić information content (AvgIpc) is 3.02. The van der Waals surface area contributed by atoms with Gasteiger partial charge in [0.2, 0.25) is 0 Å². The standard InChI is InChI=1S/C15H8NS2/c1-3-7-13-10(5-1)11(9-17-13)15-16-12-6-2-4-8-14(12)18-15/h1-8H. The number of nitrogens with zero attached hydrogens (tertiary/aromatic N) is 1. The van der Waals surface area contributed by atoms with E-state index in [1.165, 1.54) is 14.8 Å². The predicted molar refractivity (Wildman–Crippen MR) is 79.3 cm³/mol. The van der Waals surface area contributed by atoms with Crippen LogP contribution in [0.5, 0.6) is 0 Å². The van der Waals surface area contributed by atoms with Crippen LogP contribution in [0.15, 0.2) is 48.5 Å². The second-order valence-electron chi connectivity index (χ2n) is 4.06. The van der Waals surface area contributed by atoms with Crippen LogP contribution in [0.1, 0.15) is 0 Å². The van der Waals surface area contributed by atoms with Gasteiger partial charge in [-0.2, -0.15) is 0 Å². The molecule has 3 heteroatoms. The van der Waals surface area contributed by atoms with Crippen LogP contribution in [-0.2, 0) is 0 Å². The highest BCUT2D eigenvalue weighted by atomic mass is 32.1. The van der Waals surface area contributed by atoms with Gasteiger partial charge in [0.1, 0.15) is 5.01 Å². The minimum atomic E-state index is 1.06. The molecule has 2 heterocycles. The van der Waals surface area contributed by atoms with E-state index in [4.69, 9.17) is 4.98 Å². The Kier molecular flexibility index (Phi) is 2.22. The highest BCUT2D eigenvalue weighted by Gasteiger charge is 2.11. The summed E-state index contributed by atoms with van der Waals surface area (Å²) in [6, 6.07) is 16.7. The Balaban J connectivity index is 2.01. The lowest BCUT2D eigenvalue weighted by molar-refractivity contribution is 1.50. The lowest BCUT2D eigenvalue weighted by Crippen LogP contribution is -1.72. The van der Waals surface area contributed by atoms with Crippen molar-refractivity contribution in [2.24, 2.45) is 0 Å². The third-order valence-corrected chi connectivity index (χ3v) is 4.86. The summed E-state index contributed by atoms with van der Waals surface area (Å²) in [5.41, 5.74) is 2.21. The molecule has 0 saturated heterocycles. The third kappa shape index (κ3) is 1.48. The minimum Gasteiger partial charge on any atom is -0.236 e. The summed E-state index contributed by atoms with van der Waals surface area (Å²) in [7, 11) is 0. The van der Waals surface area contributed by atoms with Crippen molar-refractivity contribution < 1.29 is 0 Å². The highest BCUT2D eigenvalue weighted by Crippen LogP contribution is 2.37. The number of para-hydroxylation sites is 1. The van der Waals surface area contributed by atoms with Crippen LogP contribution >= 0.6 is 22.7 Å². The molecule has 2 aromatic carbocycles. The Morgan fingerprint density at radius 2 is 1.67 bits per heavy atom. The first-order chi connectivity index (χ1) is 8.92. The summed E-state index contributed by atoms with van der Waals surface area (Å²) in [6.45, 7) is 0. The van der Waals surface area contributed by atoms with Crippen molar-refractivity contribution in [3.63, 3.8) is 0 Å². The number of benzene rings is 2. The van der Waals surface area contributed by atoms with Gasteiger partial charge in [-0.15, -0.1) is 22.7 Å². The van der Waals surface area contributed by atoms with Crippen molar-refractivity contribution in [1.29, 1.82) is 0 Å². The second kappa shape index (κ2) is 3.90. The Morgan fingerprint density at radius 3 is 2.56 bits per heavy atom. The van der Waals surface area contributed by atoms with Gasteiger partial charge in [-0.1, -0.05) is 30.3 Å². The number of hydrogen-bond acceptors (Lipinski definition) is 3. The summed E-state index contributed by atoms with van der Waals surface area (Å²) in [4.78, 5) is 4.70. The first-order valence-electron chi connectivity index (χ1n) is 5.67. The summed E-state index contributed by atoms with van der Waals surface area (Å²) >= 11 is 3.39. The van der Waals surface area contributed by atoms with Crippen LogP contribution < -0.4 is 0 Å². The van der Waals surface area contributed by atoms with Crippen molar-refractivity contribution in [3.05, 3.63) is 53.9 Å². The molecule has 0 atom stereocenters. The van der Waals surface area contributed by atoms with Gasteiger partial charge in [0, 0.05) is 15.6 Å². The summed E-state index contributed by atoms with van der Waals surface area (Å²) in [5, 5.41) is 5.70. The van der Waals surface area contributed by atoms with Gasteiger partial charge in [0.05, 0.1) is 15.6 Å². The molecule has 0 N–H and O–H groups in total. The molecule has 4 aromatic rings. The van der Waals surface area contributed by atoms with Crippen LogP contribution in [0, 0.1) is 5.38 Å². The lowest BCUT2D eigenvalue weighted by atomic mass is 10.2. The van der Waals surface area contributed by atoms with Gasteiger partial charge in [0.25, 0.3) is 0 Å². The van der Waals surface area contributed by atoms with Crippen molar-refractivity contribution >= 4 is 43.0 Å². The number of fused-ring (bicyclic) bond motifs is 2. The quantitative estimate of drug-likeness (QED) is 0.473. The first-order valence-corrected chi connectivity index (χ1v) is 7.30. The number of aromatic nitrogens is 1. The van der Waals surface area contributed by atoms with Crippen molar-refractivity contribution in [2.75, 3.05) is 0 Å². The third-order valence-electron chi connectivity index (χ3n) is 2.93. The molecule has 0 saturated carbocycles. The van der Waals surface area contributed by atoms with Crippen LogP contribution in [-0.4, -0.2) is 4.98 Å². The van der Waals surface area contributed by atoms with E-state index >= 15 is 0 Å². The molecule has 0 spiro atoms. The molecule has 18 heavy (non-hydrogen) atoms. The molecule has 1 radical (unpaired) electrons. The van der Waals surface area contributed by atoms with Gasteiger partial charge in [-0.25, -0.2) is 4.98 Å². The van der Waals surface area contributed by atoms with E-state index in [0.717, 1.165) is 16.1 Å². The summed E-state index contributed by atoms with van der Waals surface area (Å²) in [6.07, 6.45) is 0. The average molecular weight is 266 g/mol. The topological polar surface area (TPSA) is 12.9 Å². The molecule has 4 rings (SSSR count). The maximum Gasteiger partial charge on any atom is 0.126 e. The molecule has 0 aliphatic rings. The zero-order valence-electron chi connectivity index (χ0n) is 9.38. The molecule has 1 nitrogen and oxygen atoms in total.